The van der Waals surface area contributed by atoms with Crippen molar-refractivity contribution in [3.8, 4) is 0 Å². The summed E-state index contributed by atoms with van der Waals surface area (Å²) >= 11 is 0. The van der Waals surface area contributed by atoms with Crippen molar-refractivity contribution in [2.45, 2.75) is 12.8 Å². The Morgan fingerprint density at radius 3 is 2.63 bits per heavy atom. The smallest absolute Gasteiger partial charge is 0.146 e. The lowest BCUT2D eigenvalue weighted by Gasteiger charge is -2.29. The number of benzene rings is 1. The van der Waals surface area contributed by atoms with E-state index in [-0.39, 0.29) is 5.82 Å². The topological polar surface area (TPSA) is 15.7 Å². The molecule has 1 aliphatic rings. The Morgan fingerprint density at radius 1 is 1.26 bits per heavy atom. The van der Waals surface area contributed by atoms with Crippen molar-refractivity contribution in [2.75, 3.05) is 51.8 Å². The van der Waals surface area contributed by atoms with Crippen molar-refractivity contribution in [1.82, 2.24) is 4.90 Å². The number of morpholine rings is 1. The number of hydrogen-bond donors (Lipinski definition) is 0. The van der Waals surface area contributed by atoms with Crippen LogP contribution in [0.4, 0.5) is 10.1 Å². The first-order chi connectivity index (χ1) is 9.16. The van der Waals surface area contributed by atoms with Crippen molar-refractivity contribution < 1.29 is 9.13 Å². The molecule has 4 heteroatoms. The highest BCUT2D eigenvalue weighted by atomic mass is 19.1. The van der Waals surface area contributed by atoms with E-state index >= 15 is 0 Å². The van der Waals surface area contributed by atoms with Gasteiger partial charge in [-0.1, -0.05) is 6.07 Å². The van der Waals surface area contributed by atoms with Gasteiger partial charge < -0.3 is 14.5 Å². The summed E-state index contributed by atoms with van der Waals surface area (Å²) < 4.78 is 19.4. The zero-order valence-corrected chi connectivity index (χ0v) is 11.9. The molecule has 0 aromatic heterocycles. The maximum atomic E-state index is 14.1. The number of anilines is 1. The summed E-state index contributed by atoms with van der Waals surface area (Å²) in [7, 11) is 4.12. The van der Waals surface area contributed by atoms with Crippen molar-refractivity contribution in [2.24, 2.45) is 0 Å². The molecule has 1 heterocycles. The first-order valence-corrected chi connectivity index (χ1v) is 6.92. The zero-order valence-electron chi connectivity index (χ0n) is 11.9. The van der Waals surface area contributed by atoms with Gasteiger partial charge in [0.15, 0.2) is 0 Å². The Balaban J connectivity index is 1.96. The second-order valence-corrected chi connectivity index (χ2v) is 5.29. The van der Waals surface area contributed by atoms with Gasteiger partial charge in [0.1, 0.15) is 5.82 Å². The fourth-order valence-electron chi connectivity index (χ4n) is 2.37. The largest absolute Gasteiger partial charge is 0.378 e. The van der Waals surface area contributed by atoms with Gasteiger partial charge in [0.2, 0.25) is 0 Å². The maximum absolute atomic E-state index is 14.1. The first kappa shape index (κ1) is 14.3. The summed E-state index contributed by atoms with van der Waals surface area (Å²) in [6.07, 6.45) is 1.99. The zero-order chi connectivity index (χ0) is 13.7. The molecule has 0 N–H and O–H groups in total. The molecule has 2 rings (SSSR count). The molecule has 0 amide bonds. The third-order valence-electron chi connectivity index (χ3n) is 3.43. The van der Waals surface area contributed by atoms with Gasteiger partial charge in [-0.25, -0.2) is 4.39 Å². The van der Waals surface area contributed by atoms with Crippen LogP contribution in [0.5, 0.6) is 0 Å². The molecule has 1 aromatic carbocycles. The predicted octanol–water partition coefficient (Wildman–Crippen LogP) is 2.16. The summed E-state index contributed by atoms with van der Waals surface area (Å²) in [5.74, 6) is -0.107. The third-order valence-corrected chi connectivity index (χ3v) is 3.43. The molecule has 0 atom stereocenters. The van der Waals surface area contributed by atoms with Crippen molar-refractivity contribution in [3.63, 3.8) is 0 Å². The van der Waals surface area contributed by atoms with Crippen LogP contribution in [0.15, 0.2) is 18.2 Å². The van der Waals surface area contributed by atoms with Gasteiger partial charge in [0, 0.05) is 13.1 Å². The highest BCUT2D eigenvalue weighted by Crippen LogP contribution is 2.22. The number of halogens is 1. The van der Waals surface area contributed by atoms with Crippen LogP contribution < -0.4 is 4.90 Å². The van der Waals surface area contributed by atoms with Crippen LogP contribution in [0, 0.1) is 5.82 Å². The Hall–Kier alpha value is -1.13. The molecule has 19 heavy (non-hydrogen) atoms. The molecule has 1 saturated heterocycles. The Kier molecular flexibility index (Phi) is 5.16. The molecule has 1 aliphatic heterocycles. The van der Waals surface area contributed by atoms with Gasteiger partial charge in [-0.2, -0.15) is 0 Å². The average molecular weight is 266 g/mol. The summed E-state index contributed by atoms with van der Waals surface area (Å²) in [4.78, 5) is 4.21. The van der Waals surface area contributed by atoms with Crippen LogP contribution in [-0.2, 0) is 11.2 Å². The number of ether oxygens (including phenoxy) is 1. The molecule has 0 aliphatic carbocycles. The van der Waals surface area contributed by atoms with E-state index in [1.807, 2.05) is 12.1 Å². The minimum absolute atomic E-state index is 0.107. The second-order valence-electron chi connectivity index (χ2n) is 5.29. The van der Waals surface area contributed by atoms with E-state index in [0.717, 1.165) is 38.0 Å². The molecule has 0 bridgehead atoms. The molecule has 0 radical (unpaired) electrons. The number of rotatable bonds is 5. The van der Waals surface area contributed by atoms with E-state index in [1.165, 1.54) is 0 Å². The van der Waals surface area contributed by atoms with Crippen LogP contribution in [0.25, 0.3) is 0 Å². The highest BCUT2D eigenvalue weighted by molar-refractivity contribution is 5.49. The number of nitrogens with zero attached hydrogens (tertiary/aromatic N) is 2. The lowest BCUT2D eigenvalue weighted by atomic mass is 10.1. The SMILES string of the molecule is CN(C)CCCc1ccc(N2CCOCC2)c(F)c1. The molecule has 0 saturated carbocycles. The quantitative estimate of drug-likeness (QED) is 0.812. The minimum Gasteiger partial charge on any atom is -0.378 e. The molecule has 1 fully saturated rings. The summed E-state index contributed by atoms with van der Waals surface area (Å²) in [6.45, 7) is 3.95. The Labute approximate surface area is 115 Å². The first-order valence-electron chi connectivity index (χ1n) is 6.92. The molecule has 1 aromatic rings. The van der Waals surface area contributed by atoms with Crippen LogP contribution in [-0.4, -0.2) is 51.8 Å². The van der Waals surface area contributed by atoms with E-state index < -0.39 is 0 Å². The molecule has 106 valence electrons. The van der Waals surface area contributed by atoms with Crippen LogP contribution in [0.1, 0.15) is 12.0 Å². The molecular formula is C15H23FN2O. The fourth-order valence-corrected chi connectivity index (χ4v) is 2.37. The molecule has 0 spiro atoms. The van der Waals surface area contributed by atoms with Gasteiger partial charge in [0.25, 0.3) is 0 Å². The van der Waals surface area contributed by atoms with E-state index in [2.05, 4.69) is 23.9 Å². The van der Waals surface area contributed by atoms with Crippen LogP contribution in [0.2, 0.25) is 0 Å². The Morgan fingerprint density at radius 2 is 2.00 bits per heavy atom. The second kappa shape index (κ2) is 6.87. The fraction of sp³-hybridized carbons (Fsp3) is 0.600. The maximum Gasteiger partial charge on any atom is 0.146 e. The van der Waals surface area contributed by atoms with Gasteiger partial charge in [0.05, 0.1) is 18.9 Å². The molecule has 0 unspecified atom stereocenters. The van der Waals surface area contributed by atoms with Gasteiger partial charge in [-0.3, -0.25) is 0 Å². The lowest BCUT2D eigenvalue weighted by molar-refractivity contribution is 0.122. The standard InChI is InChI=1S/C15H23FN2O/c1-17(2)7-3-4-13-5-6-15(14(16)12-13)18-8-10-19-11-9-18/h5-6,12H,3-4,7-11H2,1-2H3. The average Bonchev–Trinajstić information content (AvgIpc) is 2.39. The highest BCUT2D eigenvalue weighted by Gasteiger charge is 2.15. The van der Waals surface area contributed by atoms with Gasteiger partial charge in [-0.15, -0.1) is 0 Å². The lowest BCUT2D eigenvalue weighted by Crippen LogP contribution is -2.36. The summed E-state index contributed by atoms with van der Waals surface area (Å²) in [6, 6.07) is 5.63. The number of aryl methyl sites for hydroxylation is 1. The predicted molar refractivity (Wildman–Crippen MR) is 76.3 cm³/mol. The van der Waals surface area contributed by atoms with E-state index in [1.54, 1.807) is 6.07 Å². The monoisotopic (exact) mass is 266 g/mol. The van der Waals surface area contributed by atoms with Crippen molar-refractivity contribution >= 4 is 5.69 Å². The van der Waals surface area contributed by atoms with Crippen LogP contribution >= 0.6 is 0 Å². The van der Waals surface area contributed by atoms with Crippen LogP contribution in [0.3, 0.4) is 0 Å². The van der Waals surface area contributed by atoms with E-state index in [4.69, 9.17) is 4.74 Å². The molecular weight excluding hydrogens is 243 g/mol. The summed E-state index contributed by atoms with van der Waals surface area (Å²) in [5.41, 5.74) is 1.79. The van der Waals surface area contributed by atoms with E-state index in [9.17, 15) is 4.39 Å². The van der Waals surface area contributed by atoms with E-state index in [0.29, 0.717) is 18.9 Å². The third kappa shape index (κ3) is 4.18. The van der Waals surface area contributed by atoms with Gasteiger partial charge in [-0.05, 0) is 51.2 Å². The normalized spacial score (nSPS) is 16.1. The number of hydrogen-bond acceptors (Lipinski definition) is 3. The van der Waals surface area contributed by atoms with Crippen molar-refractivity contribution in [3.05, 3.63) is 29.6 Å². The molecule has 3 nitrogen and oxygen atoms in total. The Bertz CT molecular complexity index is 403. The summed E-state index contributed by atoms with van der Waals surface area (Å²) in [5, 5.41) is 0. The van der Waals surface area contributed by atoms with Gasteiger partial charge >= 0.3 is 0 Å². The van der Waals surface area contributed by atoms with Crippen molar-refractivity contribution in [1.29, 1.82) is 0 Å². The minimum atomic E-state index is -0.107.